The number of ether oxygens (including phenoxy) is 1. The summed E-state index contributed by atoms with van der Waals surface area (Å²) in [5.74, 6) is -0.137. The zero-order valence-electron chi connectivity index (χ0n) is 11.1. The van der Waals surface area contributed by atoms with E-state index in [0.717, 1.165) is 22.4 Å². The molecule has 0 unspecified atom stereocenters. The van der Waals surface area contributed by atoms with Crippen molar-refractivity contribution in [3.63, 3.8) is 0 Å². The highest BCUT2D eigenvalue weighted by atomic mass is 16.5. The first-order chi connectivity index (χ1) is 9.02. The van der Waals surface area contributed by atoms with Crippen LogP contribution in [0.5, 0.6) is 5.75 Å². The Kier molecular flexibility index (Phi) is 3.51. The number of methoxy groups -OCH3 is 1. The lowest BCUT2D eigenvalue weighted by Crippen LogP contribution is -1.98. The number of hydrogen-bond acceptors (Lipinski definition) is 3. The van der Waals surface area contributed by atoms with Crippen LogP contribution in [0.2, 0.25) is 0 Å². The van der Waals surface area contributed by atoms with Crippen LogP contribution in [-0.2, 0) is 0 Å². The normalized spacial score (nSPS) is 10.3. The van der Waals surface area contributed by atoms with Crippen molar-refractivity contribution in [2.24, 2.45) is 0 Å². The molecule has 1 N–H and O–H groups in total. The van der Waals surface area contributed by atoms with Gasteiger partial charge in [0.15, 0.2) is 0 Å². The quantitative estimate of drug-likeness (QED) is 0.918. The van der Waals surface area contributed by atoms with Crippen LogP contribution < -0.4 is 4.74 Å². The van der Waals surface area contributed by atoms with E-state index in [1.54, 1.807) is 13.2 Å². The molecule has 0 aliphatic rings. The van der Waals surface area contributed by atoms with Gasteiger partial charge in [0, 0.05) is 11.8 Å². The summed E-state index contributed by atoms with van der Waals surface area (Å²) in [6, 6.07) is 6.95. The molecule has 4 nitrogen and oxygen atoms in total. The third kappa shape index (κ3) is 2.57. The van der Waals surface area contributed by atoms with Crippen LogP contribution in [0, 0.1) is 13.8 Å². The number of hydrogen-bond donors (Lipinski definition) is 1. The van der Waals surface area contributed by atoms with Crippen LogP contribution in [0.25, 0.3) is 11.3 Å². The van der Waals surface area contributed by atoms with E-state index in [1.165, 1.54) is 12.3 Å². The van der Waals surface area contributed by atoms with E-state index < -0.39 is 5.97 Å². The minimum atomic E-state index is -0.952. The molecule has 0 amide bonds. The molecule has 98 valence electrons. The summed E-state index contributed by atoms with van der Waals surface area (Å²) in [7, 11) is 1.63. The van der Waals surface area contributed by atoms with Crippen molar-refractivity contribution in [3.8, 4) is 17.0 Å². The molecule has 0 saturated heterocycles. The minimum Gasteiger partial charge on any atom is -0.496 e. The van der Waals surface area contributed by atoms with Gasteiger partial charge in [-0.15, -0.1) is 0 Å². The monoisotopic (exact) mass is 257 g/mol. The summed E-state index contributed by atoms with van der Waals surface area (Å²) in [4.78, 5) is 15.2. The molecule has 0 atom stereocenters. The molecule has 19 heavy (non-hydrogen) atoms. The van der Waals surface area contributed by atoms with Crippen molar-refractivity contribution in [3.05, 3.63) is 47.2 Å². The summed E-state index contributed by atoms with van der Waals surface area (Å²) in [6.07, 6.45) is 1.51. The maximum absolute atomic E-state index is 11.0. The zero-order valence-corrected chi connectivity index (χ0v) is 11.1. The lowest BCUT2D eigenvalue weighted by atomic mass is 10.0. The Morgan fingerprint density at radius 2 is 1.95 bits per heavy atom. The second-order valence-corrected chi connectivity index (χ2v) is 4.37. The highest BCUT2D eigenvalue weighted by molar-refractivity contribution is 5.89. The Balaban J connectivity index is 2.56. The number of nitrogens with zero attached hydrogens (tertiary/aromatic N) is 1. The molecule has 0 fully saturated rings. The largest absolute Gasteiger partial charge is 0.496 e. The van der Waals surface area contributed by atoms with Gasteiger partial charge in [-0.25, -0.2) is 4.79 Å². The molecule has 0 aliphatic heterocycles. The standard InChI is InChI=1S/C15H15NO3/c1-9-7-14(19-3)10(2)6-12(9)13-8-11(15(17)18)4-5-16-13/h4-8H,1-3H3,(H,17,18). The lowest BCUT2D eigenvalue weighted by molar-refractivity contribution is 0.0697. The van der Waals surface area contributed by atoms with Crippen molar-refractivity contribution < 1.29 is 14.6 Å². The average molecular weight is 257 g/mol. The fraction of sp³-hybridized carbons (Fsp3) is 0.200. The van der Waals surface area contributed by atoms with E-state index in [0.29, 0.717) is 5.69 Å². The second-order valence-electron chi connectivity index (χ2n) is 4.37. The van der Waals surface area contributed by atoms with E-state index in [1.807, 2.05) is 26.0 Å². The van der Waals surface area contributed by atoms with Gasteiger partial charge in [-0.05, 0) is 49.2 Å². The predicted octanol–water partition coefficient (Wildman–Crippen LogP) is 3.07. The van der Waals surface area contributed by atoms with Gasteiger partial charge in [0.05, 0.1) is 18.4 Å². The van der Waals surface area contributed by atoms with Gasteiger partial charge in [-0.1, -0.05) is 0 Å². The van der Waals surface area contributed by atoms with Crippen LogP contribution in [-0.4, -0.2) is 23.2 Å². The van der Waals surface area contributed by atoms with Gasteiger partial charge in [-0.2, -0.15) is 0 Å². The molecule has 1 aromatic carbocycles. The van der Waals surface area contributed by atoms with Gasteiger partial charge in [-0.3, -0.25) is 4.98 Å². The van der Waals surface area contributed by atoms with Crippen molar-refractivity contribution in [1.82, 2.24) is 4.98 Å². The summed E-state index contributed by atoms with van der Waals surface area (Å²) in [5, 5.41) is 9.01. The van der Waals surface area contributed by atoms with E-state index >= 15 is 0 Å². The molecule has 0 aliphatic carbocycles. The molecule has 1 aromatic heterocycles. The number of aryl methyl sites for hydroxylation is 2. The summed E-state index contributed by atoms with van der Waals surface area (Å²) in [6.45, 7) is 3.90. The van der Waals surface area contributed by atoms with Crippen molar-refractivity contribution in [1.29, 1.82) is 0 Å². The number of rotatable bonds is 3. The number of aromatic nitrogens is 1. The van der Waals surface area contributed by atoms with Gasteiger partial charge in [0.25, 0.3) is 0 Å². The maximum atomic E-state index is 11.0. The molecular formula is C15H15NO3. The average Bonchev–Trinajstić information content (AvgIpc) is 2.41. The fourth-order valence-electron chi connectivity index (χ4n) is 2.00. The Morgan fingerprint density at radius 3 is 2.58 bits per heavy atom. The second kappa shape index (κ2) is 5.10. The predicted molar refractivity (Wildman–Crippen MR) is 72.7 cm³/mol. The molecular weight excluding hydrogens is 242 g/mol. The van der Waals surface area contributed by atoms with Crippen molar-refractivity contribution in [2.75, 3.05) is 7.11 Å². The number of carbonyl (C=O) groups is 1. The van der Waals surface area contributed by atoms with Gasteiger partial charge < -0.3 is 9.84 Å². The van der Waals surface area contributed by atoms with Crippen LogP contribution >= 0.6 is 0 Å². The highest BCUT2D eigenvalue weighted by Crippen LogP contribution is 2.29. The van der Waals surface area contributed by atoms with E-state index in [2.05, 4.69) is 4.98 Å². The fourth-order valence-corrected chi connectivity index (χ4v) is 2.00. The number of pyridine rings is 1. The number of aromatic carboxylic acids is 1. The smallest absolute Gasteiger partial charge is 0.335 e. The molecule has 4 heteroatoms. The first kappa shape index (κ1) is 13.1. The van der Waals surface area contributed by atoms with Gasteiger partial charge >= 0.3 is 5.97 Å². The SMILES string of the molecule is COc1cc(C)c(-c2cc(C(=O)O)ccn2)cc1C. The first-order valence-corrected chi connectivity index (χ1v) is 5.88. The third-order valence-corrected chi connectivity index (χ3v) is 3.02. The zero-order chi connectivity index (χ0) is 14.0. The summed E-state index contributed by atoms with van der Waals surface area (Å²) >= 11 is 0. The van der Waals surface area contributed by atoms with Crippen molar-refractivity contribution in [2.45, 2.75) is 13.8 Å². The molecule has 2 rings (SSSR count). The number of carboxylic acids is 1. The Bertz CT molecular complexity index is 635. The molecule has 0 spiro atoms. The summed E-state index contributed by atoms with van der Waals surface area (Å²) in [5.41, 5.74) is 3.80. The maximum Gasteiger partial charge on any atom is 0.335 e. The van der Waals surface area contributed by atoms with Crippen LogP contribution in [0.3, 0.4) is 0 Å². The topological polar surface area (TPSA) is 59.4 Å². The van der Waals surface area contributed by atoms with Gasteiger partial charge in [0.1, 0.15) is 5.75 Å². The van der Waals surface area contributed by atoms with Crippen molar-refractivity contribution >= 4 is 5.97 Å². The minimum absolute atomic E-state index is 0.234. The Labute approximate surface area is 111 Å². The first-order valence-electron chi connectivity index (χ1n) is 5.88. The Hall–Kier alpha value is -2.36. The number of carboxylic acid groups (broad SMARTS) is 1. The van der Waals surface area contributed by atoms with Crippen LogP contribution in [0.1, 0.15) is 21.5 Å². The van der Waals surface area contributed by atoms with Gasteiger partial charge in [0.2, 0.25) is 0 Å². The van der Waals surface area contributed by atoms with E-state index in [4.69, 9.17) is 9.84 Å². The molecule has 0 radical (unpaired) electrons. The van der Waals surface area contributed by atoms with Crippen LogP contribution in [0.4, 0.5) is 0 Å². The molecule has 0 bridgehead atoms. The molecule has 1 heterocycles. The third-order valence-electron chi connectivity index (χ3n) is 3.02. The number of benzene rings is 1. The summed E-state index contributed by atoms with van der Waals surface area (Å²) < 4.78 is 5.26. The highest BCUT2D eigenvalue weighted by Gasteiger charge is 2.10. The van der Waals surface area contributed by atoms with Crippen LogP contribution in [0.15, 0.2) is 30.5 Å². The van der Waals surface area contributed by atoms with E-state index in [9.17, 15) is 4.79 Å². The molecule has 0 saturated carbocycles. The molecule has 2 aromatic rings. The lowest BCUT2D eigenvalue weighted by Gasteiger charge is -2.11. The van der Waals surface area contributed by atoms with E-state index in [-0.39, 0.29) is 5.56 Å². The Morgan fingerprint density at radius 1 is 1.21 bits per heavy atom.